The number of nitrogens with one attached hydrogen (secondary N) is 2. The van der Waals surface area contributed by atoms with Gasteiger partial charge in [-0.05, 0) is 36.1 Å². The molecule has 21 nitrogen and oxygen atoms in total. The van der Waals surface area contributed by atoms with E-state index in [0.717, 1.165) is 5.56 Å². The normalized spacial score (nSPS) is 18.9. The number of hydrogen-bond acceptors (Lipinski definition) is 18. The van der Waals surface area contributed by atoms with E-state index in [1.807, 2.05) is 20.8 Å². The molecule has 5 atom stereocenters. The fourth-order valence-electron chi connectivity index (χ4n) is 5.33. The monoisotopic (exact) mass is 908 g/mol. The van der Waals surface area contributed by atoms with E-state index < -0.39 is 36.7 Å². The summed E-state index contributed by atoms with van der Waals surface area (Å²) in [5, 5.41) is 43.7. The topological polar surface area (TPSA) is 267 Å². The summed E-state index contributed by atoms with van der Waals surface area (Å²) in [6.07, 6.45) is -5.81. The minimum absolute atomic E-state index is 0.0211. The summed E-state index contributed by atoms with van der Waals surface area (Å²) in [7, 11) is 0. The lowest BCUT2D eigenvalue weighted by molar-refractivity contribution is -0.294. The van der Waals surface area contributed by atoms with Gasteiger partial charge in [0.1, 0.15) is 24.1 Å². The number of carboxylic acids is 1. The van der Waals surface area contributed by atoms with Crippen LogP contribution in [0.25, 0.3) is 0 Å². The summed E-state index contributed by atoms with van der Waals surface area (Å²) in [5.74, 6) is -1.20. The van der Waals surface area contributed by atoms with Crippen molar-refractivity contribution in [2.24, 2.45) is 0 Å². The molecule has 1 fully saturated rings. The molecule has 0 radical (unpaired) electrons. The van der Waals surface area contributed by atoms with Crippen LogP contribution in [-0.4, -0.2) is 214 Å². The third-order valence-electron chi connectivity index (χ3n) is 8.89. The third kappa shape index (κ3) is 27.1. The summed E-state index contributed by atoms with van der Waals surface area (Å²) in [5.41, 5.74) is 0.954. The average Bonchev–Trinajstić information content (AvgIpc) is 3.25. The first-order chi connectivity index (χ1) is 30.3. The molecule has 0 aliphatic carbocycles. The van der Waals surface area contributed by atoms with Crippen LogP contribution >= 0.6 is 0 Å². The first kappa shape index (κ1) is 56.0. The number of carbonyl (C=O) groups is 3. The Balaban J connectivity index is 1.44. The van der Waals surface area contributed by atoms with Crippen molar-refractivity contribution in [3.63, 3.8) is 0 Å². The highest BCUT2D eigenvalue weighted by atomic mass is 16.7. The number of aliphatic hydroxyl groups is 3. The van der Waals surface area contributed by atoms with Crippen LogP contribution in [0, 0.1) is 0 Å². The van der Waals surface area contributed by atoms with Gasteiger partial charge in [-0.25, -0.2) is 0 Å². The molecular formula is C42H72N2O19. The van der Waals surface area contributed by atoms with E-state index >= 15 is 0 Å². The maximum Gasteiger partial charge on any atom is 0.305 e. The van der Waals surface area contributed by atoms with E-state index in [4.69, 9.17) is 61.9 Å². The molecule has 2 amide bonds. The molecule has 0 saturated carbocycles. The maximum absolute atomic E-state index is 13.0. The lowest BCUT2D eigenvalue weighted by Gasteiger charge is -2.38. The molecule has 0 aromatic heterocycles. The lowest BCUT2D eigenvalue weighted by atomic mass is 9.86. The van der Waals surface area contributed by atoms with Crippen molar-refractivity contribution in [1.29, 1.82) is 0 Å². The van der Waals surface area contributed by atoms with Gasteiger partial charge in [0.2, 0.25) is 0 Å². The Morgan fingerprint density at radius 2 is 1.03 bits per heavy atom. The lowest BCUT2D eigenvalue weighted by Crippen LogP contribution is -2.57. The van der Waals surface area contributed by atoms with E-state index in [9.17, 15) is 29.7 Å². The summed E-state index contributed by atoms with van der Waals surface area (Å²) in [6, 6.07) is 5.18. The molecule has 1 saturated heterocycles. The van der Waals surface area contributed by atoms with Crippen molar-refractivity contribution in [3.8, 4) is 5.75 Å². The van der Waals surface area contributed by atoms with Crippen molar-refractivity contribution in [2.75, 3.05) is 145 Å². The van der Waals surface area contributed by atoms with Crippen LogP contribution in [0.1, 0.15) is 50.0 Å². The Hall–Kier alpha value is -3.13. The highest BCUT2D eigenvalue weighted by molar-refractivity contribution is 5.95. The molecule has 1 aliphatic heterocycles. The van der Waals surface area contributed by atoms with Crippen LogP contribution in [0.3, 0.4) is 0 Å². The molecule has 1 aromatic rings. The standard InChI is InChI=1S/C42H72N2O19/c1-31-37(48)38(49)39(50)41(63-31)61-26-25-54-9-6-43-35(45)30-62-34-28-32(27-33(29-34)42(2,3)4)40(51)44-7-10-53-12-14-56-16-18-58-20-22-60-24-23-59-21-19-57-17-15-55-13-11-52-8-5-36(46)47/h27-29,31,37-39,41,48-50H,5-26,30H2,1-4H3,(H,43,45)(H,44,51)(H,46,47)/t31-,37-,38+,39+,41+/m0/s1. The van der Waals surface area contributed by atoms with Crippen LogP contribution in [-0.2, 0) is 67.1 Å². The molecule has 1 aromatic carbocycles. The summed E-state index contributed by atoms with van der Waals surface area (Å²) < 4.78 is 65.3. The molecule has 0 bridgehead atoms. The predicted octanol–water partition coefficient (Wildman–Crippen LogP) is -0.323. The zero-order valence-corrected chi connectivity index (χ0v) is 37.3. The first-order valence-electron chi connectivity index (χ1n) is 21.4. The molecule has 21 heteroatoms. The number of carboxylic acid groups (broad SMARTS) is 1. The van der Waals surface area contributed by atoms with Crippen LogP contribution in [0.4, 0.5) is 0 Å². The number of ether oxygens (including phenoxy) is 12. The molecule has 1 aliphatic rings. The second kappa shape index (κ2) is 34.3. The van der Waals surface area contributed by atoms with Crippen molar-refractivity contribution in [2.45, 2.75) is 70.2 Å². The summed E-state index contributed by atoms with van der Waals surface area (Å²) in [4.78, 5) is 35.8. The molecule has 0 spiro atoms. The molecule has 2 rings (SSSR count). The minimum atomic E-state index is -1.39. The number of rotatable bonds is 38. The Bertz CT molecular complexity index is 1370. The van der Waals surface area contributed by atoms with Crippen molar-refractivity contribution in [3.05, 3.63) is 29.3 Å². The zero-order chi connectivity index (χ0) is 46.1. The number of amides is 2. The number of hydrogen-bond donors (Lipinski definition) is 6. The second-order valence-corrected chi connectivity index (χ2v) is 15.1. The Labute approximate surface area is 370 Å². The van der Waals surface area contributed by atoms with Gasteiger partial charge in [-0.2, -0.15) is 0 Å². The van der Waals surface area contributed by atoms with Crippen LogP contribution in [0.15, 0.2) is 18.2 Å². The number of aliphatic carboxylic acids is 1. The van der Waals surface area contributed by atoms with Gasteiger partial charge >= 0.3 is 5.97 Å². The van der Waals surface area contributed by atoms with Crippen LogP contribution in [0.2, 0.25) is 0 Å². The van der Waals surface area contributed by atoms with Gasteiger partial charge in [0.25, 0.3) is 11.8 Å². The molecule has 0 unspecified atom stereocenters. The second-order valence-electron chi connectivity index (χ2n) is 15.1. The summed E-state index contributed by atoms with van der Waals surface area (Å²) >= 11 is 0. The number of aliphatic hydroxyl groups excluding tert-OH is 3. The van der Waals surface area contributed by atoms with E-state index in [0.29, 0.717) is 104 Å². The van der Waals surface area contributed by atoms with Gasteiger partial charge < -0.3 is 87.9 Å². The Morgan fingerprint density at radius 3 is 1.51 bits per heavy atom. The Morgan fingerprint density at radius 1 is 0.587 bits per heavy atom. The maximum atomic E-state index is 13.0. The van der Waals surface area contributed by atoms with E-state index in [2.05, 4.69) is 10.6 Å². The minimum Gasteiger partial charge on any atom is -0.484 e. The predicted molar refractivity (Wildman–Crippen MR) is 224 cm³/mol. The summed E-state index contributed by atoms with van der Waals surface area (Å²) in [6.45, 7) is 14.4. The quantitative estimate of drug-likeness (QED) is 0.0464. The number of carbonyl (C=O) groups excluding carboxylic acids is 2. The zero-order valence-electron chi connectivity index (χ0n) is 37.3. The molecule has 6 N–H and O–H groups in total. The van der Waals surface area contributed by atoms with Gasteiger partial charge in [0.15, 0.2) is 12.9 Å². The van der Waals surface area contributed by atoms with Gasteiger partial charge in [0.05, 0.1) is 138 Å². The van der Waals surface area contributed by atoms with Crippen LogP contribution < -0.4 is 15.4 Å². The molecular weight excluding hydrogens is 836 g/mol. The highest BCUT2D eigenvalue weighted by Gasteiger charge is 2.42. The first-order valence-corrected chi connectivity index (χ1v) is 21.4. The van der Waals surface area contributed by atoms with Crippen molar-refractivity contribution in [1.82, 2.24) is 10.6 Å². The van der Waals surface area contributed by atoms with E-state index in [1.54, 1.807) is 25.1 Å². The molecule has 1 heterocycles. The molecule has 364 valence electrons. The van der Waals surface area contributed by atoms with Crippen LogP contribution in [0.5, 0.6) is 5.75 Å². The van der Waals surface area contributed by atoms with E-state index in [-0.39, 0.29) is 76.4 Å². The van der Waals surface area contributed by atoms with Gasteiger partial charge in [0, 0.05) is 18.7 Å². The largest absolute Gasteiger partial charge is 0.484 e. The SMILES string of the molecule is C[C@@H]1O[C@@H](OCCOCCNC(=O)COc2cc(C(=O)NCCOCCOCCOCCOCCOCCOCCOCCOCCC(=O)O)cc(C(C)(C)C)c2)[C@H](O)[C@H](O)[C@H]1O. The highest BCUT2D eigenvalue weighted by Crippen LogP contribution is 2.28. The van der Waals surface area contributed by atoms with Gasteiger partial charge in [-0.15, -0.1) is 0 Å². The third-order valence-corrected chi connectivity index (χ3v) is 8.89. The number of benzene rings is 1. The van der Waals surface area contributed by atoms with Gasteiger partial charge in [-0.3, -0.25) is 14.4 Å². The van der Waals surface area contributed by atoms with Crippen molar-refractivity contribution >= 4 is 17.8 Å². The van der Waals surface area contributed by atoms with Gasteiger partial charge in [-0.1, -0.05) is 20.8 Å². The fraction of sp³-hybridized carbons (Fsp3) is 0.786. The Kier molecular flexibility index (Phi) is 30.4. The average molecular weight is 909 g/mol. The fourth-order valence-corrected chi connectivity index (χ4v) is 5.33. The van der Waals surface area contributed by atoms with Crippen molar-refractivity contribution < 1.29 is 91.7 Å². The molecule has 63 heavy (non-hydrogen) atoms. The van der Waals surface area contributed by atoms with E-state index in [1.165, 1.54) is 0 Å². The smallest absolute Gasteiger partial charge is 0.305 e.